The Morgan fingerprint density at radius 1 is 0.771 bits per heavy atom. The van der Waals surface area contributed by atoms with Gasteiger partial charge in [0.15, 0.2) is 0 Å². The SMILES string of the molecule is CCc1cncc(-c2ccc(C(CC)(CC)c3ccc(C#CC(O)(CC)CC)c(C)c3)cc2C)c1. The highest BCUT2D eigenvalue weighted by molar-refractivity contribution is 5.68. The molecule has 0 spiro atoms. The van der Waals surface area contributed by atoms with Crippen molar-refractivity contribution in [2.24, 2.45) is 0 Å². The number of pyridine rings is 1. The molecule has 0 aliphatic rings. The first-order valence-electron chi connectivity index (χ1n) is 13.2. The lowest BCUT2D eigenvalue weighted by molar-refractivity contribution is 0.0931. The molecule has 0 fully saturated rings. The number of aryl methyl sites for hydroxylation is 3. The van der Waals surface area contributed by atoms with Crippen molar-refractivity contribution in [1.82, 2.24) is 4.98 Å². The minimum absolute atomic E-state index is 0.0584. The van der Waals surface area contributed by atoms with Gasteiger partial charge in [-0.15, -0.1) is 0 Å². The van der Waals surface area contributed by atoms with E-state index in [-0.39, 0.29) is 5.41 Å². The summed E-state index contributed by atoms with van der Waals surface area (Å²) >= 11 is 0. The average Bonchev–Trinajstić information content (AvgIpc) is 2.89. The molecule has 0 aliphatic heterocycles. The van der Waals surface area contributed by atoms with Gasteiger partial charge in [0.05, 0.1) is 0 Å². The fraction of sp³-hybridized carbons (Fsp3) is 0.424. The van der Waals surface area contributed by atoms with Gasteiger partial charge in [-0.05, 0) is 91.5 Å². The Morgan fingerprint density at radius 3 is 1.94 bits per heavy atom. The number of nitrogens with zero attached hydrogens (tertiary/aromatic N) is 1. The van der Waals surface area contributed by atoms with E-state index < -0.39 is 5.60 Å². The van der Waals surface area contributed by atoms with Gasteiger partial charge < -0.3 is 5.11 Å². The Balaban J connectivity index is 2.03. The summed E-state index contributed by atoms with van der Waals surface area (Å²) in [5, 5.41) is 10.6. The lowest BCUT2D eigenvalue weighted by atomic mass is 9.69. The third-order valence-electron chi connectivity index (χ3n) is 7.88. The number of aromatic nitrogens is 1. The molecule has 0 amide bonds. The second-order valence-corrected chi connectivity index (χ2v) is 9.77. The molecule has 2 heteroatoms. The molecule has 0 radical (unpaired) electrons. The van der Waals surface area contributed by atoms with Gasteiger partial charge in [0.2, 0.25) is 0 Å². The average molecular weight is 468 g/mol. The fourth-order valence-corrected chi connectivity index (χ4v) is 5.06. The Morgan fingerprint density at radius 2 is 1.40 bits per heavy atom. The van der Waals surface area contributed by atoms with Crippen molar-refractivity contribution in [2.45, 2.75) is 91.6 Å². The second-order valence-electron chi connectivity index (χ2n) is 9.77. The molecule has 2 nitrogen and oxygen atoms in total. The topological polar surface area (TPSA) is 33.1 Å². The normalized spacial score (nSPS) is 11.8. The number of rotatable bonds is 8. The van der Waals surface area contributed by atoms with E-state index in [0.717, 1.165) is 30.4 Å². The number of benzene rings is 2. The molecule has 0 bridgehead atoms. The fourth-order valence-electron chi connectivity index (χ4n) is 5.06. The summed E-state index contributed by atoms with van der Waals surface area (Å²) in [6.45, 7) is 15.0. The van der Waals surface area contributed by atoms with Crippen LogP contribution < -0.4 is 0 Å². The third kappa shape index (κ3) is 5.52. The molecule has 3 rings (SSSR count). The standard InChI is InChI=1S/C33H41NO/c1-8-26-21-28(23-34-22-26)31-16-15-30(20-25(31)7)33(11-4,12-5)29-14-13-27(24(6)19-29)17-18-32(35,9-2)10-3/h13-16,19-23,35H,8-12H2,1-7H3. The molecule has 3 aromatic rings. The summed E-state index contributed by atoms with van der Waals surface area (Å²) in [4.78, 5) is 4.46. The summed E-state index contributed by atoms with van der Waals surface area (Å²) in [5.74, 6) is 6.36. The molecule has 1 heterocycles. The molecule has 0 saturated heterocycles. The molecular weight excluding hydrogens is 426 g/mol. The van der Waals surface area contributed by atoms with Gasteiger partial charge in [-0.1, -0.05) is 76.8 Å². The van der Waals surface area contributed by atoms with Crippen molar-refractivity contribution < 1.29 is 5.11 Å². The predicted molar refractivity (Wildman–Crippen MR) is 149 cm³/mol. The molecule has 1 aromatic heterocycles. The van der Waals surface area contributed by atoms with Gasteiger partial charge in [0, 0.05) is 28.9 Å². The van der Waals surface area contributed by atoms with Gasteiger partial charge in [0.25, 0.3) is 0 Å². The highest BCUT2D eigenvalue weighted by atomic mass is 16.3. The van der Waals surface area contributed by atoms with Crippen LogP contribution in [0.1, 0.15) is 93.7 Å². The van der Waals surface area contributed by atoms with E-state index in [9.17, 15) is 5.11 Å². The summed E-state index contributed by atoms with van der Waals surface area (Å²) in [6, 6.07) is 15.9. The van der Waals surface area contributed by atoms with Crippen LogP contribution in [0.3, 0.4) is 0 Å². The maximum atomic E-state index is 10.6. The molecule has 184 valence electrons. The van der Waals surface area contributed by atoms with E-state index in [0.29, 0.717) is 12.8 Å². The minimum atomic E-state index is -0.910. The summed E-state index contributed by atoms with van der Waals surface area (Å²) < 4.78 is 0. The van der Waals surface area contributed by atoms with Crippen LogP contribution in [0.2, 0.25) is 0 Å². The predicted octanol–water partition coefficient (Wildman–Crippen LogP) is 7.94. The van der Waals surface area contributed by atoms with Gasteiger partial charge in [-0.2, -0.15) is 0 Å². The van der Waals surface area contributed by atoms with Crippen LogP contribution in [0.5, 0.6) is 0 Å². The maximum absolute atomic E-state index is 10.6. The van der Waals surface area contributed by atoms with Crippen LogP contribution in [-0.4, -0.2) is 15.7 Å². The van der Waals surface area contributed by atoms with Crippen molar-refractivity contribution in [1.29, 1.82) is 0 Å². The Labute approximate surface area is 212 Å². The van der Waals surface area contributed by atoms with Crippen LogP contribution in [0.4, 0.5) is 0 Å². The zero-order valence-electron chi connectivity index (χ0n) is 22.6. The van der Waals surface area contributed by atoms with Crippen molar-refractivity contribution in [3.63, 3.8) is 0 Å². The van der Waals surface area contributed by atoms with Gasteiger partial charge >= 0.3 is 0 Å². The Kier molecular flexibility index (Phi) is 8.57. The summed E-state index contributed by atoms with van der Waals surface area (Å²) in [5.41, 5.74) is 8.84. The van der Waals surface area contributed by atoms with Gasteiger partial charge in [-0.25, -0.2) is 0 Å². The molecular formula is C33H41NO. The van der Waals surface area contributed by atoms with Crippen LogP contribution in [0.15, 0.2) is 54.9 Å². The van der Waals surface area contributed by atoms with E-state index in [1.165, 1.54) is 33.4 Å². The van der Waals surface area contributed by atoms with Crippen molar-refractivity contribution in [3.05, 3.63) is 88.2 Å². The largest absolute Gasteiger partial charge is 0.378 e. The smallest absolute Gasteiger partial charge is 0.125 e. The first kappa shape index (κ1) is 26.7. The lowest BCUT2D eigenvalue weighted by Gasteiger charge is -2.34. The van der Waals surface area contributed by atoms with Crippen LogP contribution >= 0.6 is 0 Å². The molecule has 0 atom stereocenters. The Hall–Kier alpha value is -2.89. The van der Waals surface area contributed by atoms with Crippen molar-refractivity contribution >= 4 is 0 Å². The zero-order chi connectivity index (χ0) is 25.6. The molecule has 35 heavy (non-hydrogen) atoms. The summed E-state index contributed by atoms with van der Waals surface area (Å²) in [7, 11) is 0. The molecule has 1 N–H and O–H groups in total. The first-order chi connectivity index (χ1) is 16.8. The van der Waals surface area contributed by atoms with E-state index in [2.05, 4.69) is 93.9 Å². The van der Waals surface area contributed by atoms with E-state index in [1.54, 1.807) is 0 Å². The van der Waals surface area contributed by atoms with Gasteiger partial charge in [-0.3, -0.25) is 4.98 Å². The van der Waals surface area contributed by atoms with Crippen molar-refractivity contribution in [2.75, 3.05) is 0 Å². The van der Waals surface area contributed by atoms with Crippen LogP contribution in [0.25, 0.3) is 11.1 Å². The monoisotopic (exact) mass is 467 g/mol. The van der Waals surface area contributed by atoms with Crippen LogP contribution in [0, 0.1) is 25.7 Å². The van der Waals surface area contributed by atoms with E-state index in [4.69, 9.17) is 0 Å². The van der Waals surface area contributed by atoms with Crippen LogP contribution in [-0.2, 0) is 11.8 Å². The quantitative estimate of drug-likeness (QED) is 0.341. The first-order valence-corrected chi connectivity index (χ1v) is 13.2. The van der Waals surface area contributed by atoms with E-state index >= 15 is 0 Å². The minimum Gasteiger partial charge on any atom is -0.378 e. The Bertz CT molecular complexity index is 1220. The maximum Gasteiger partial charge on any atom is 0.125 e. The molecule has 0 unspecified atom stereocenters. The zero-order valence-corrected chi connectivity index (χ0v) is 22.6. The van der Waals surface area contributed by atoms with Gasteiger partial charge in [0.1, 0.15) is 5.60 Å². The number of hydrogen-bond acceptors (Lipinski definition) is 2. The molecule has 0 saturated carbocycles. The molecule has 0 aliphatic carbocycles. The molecule has 2 aromatic carbocycles. The van der Waals surface area contributed by atoms with Crippen molar-refractivity contribution in [3.8, 4) is 23.0 Å². The summed E-state index contributed by atoms with van der Waals surface area (Å²) in [6.07, 6.45) is 8.22. The highest BCUT2D eigenvalue weighted by Gasteiger charge is 2.31. The third-order valence-corrected chi connectivity index (χ3v) is 7.88. The highest BCUT2D eigenvalue weighted by Crippen LogP contribution is 2.41. The lowest BCUT2D eigenvalue weighted by Crippen LogP contribution is -2.26. The number of hydrogen-bond donors (Lipinski definition) is 1. The second kappa shape index (κ2) is 11.2. The van der Waals surface area contributed by atoms with E-state index in [1.807, 2.05) is 26.2 Å². The number of aliphatic hydroxyl groups is 1.